The zero-order chi connectivity index (χ0) is 24.5. The van der Waals surface area contributed by atoms with Crippen molar-refractivity contribution < 1.29 is 14.4 Å². The summed E-state index contributed by atoms with van der Waals surface area (Å²) in [6.45, 7) is 2.98. The van der Waals surface area contributed by atoms with Gasteiger partial charge < -0.3 is 9.94 Å². The number of nitrogens with zero attached hydrogens (tertiary/aromatic N) is 3. The normalized spacial score (nSPS) is 11.3. The second-order valence-electron chi connectivity index (χ2n) is 9.22. The fourth-order valence-electron chi connectivity index (χ4n) is 4.48. The van der Waals surface area contributed by atoms with Crippen LogP contribution in [0.2, 0.25) is 0 Å². The Morgan fingerprint density at radius 1 is 0.857 bits per heavy atom. The topological polar surface area (TPSA) is 71.1 Å². The summed E-state index contributed by atoms with van der Waals surface area (Å²) < 4.78 is 7.13. The van der Waals surface area contributed by atoms with Gasteiger partial charge in [-0.2, -0.15) is 0 Å². The van der Waals surface area contributed by atoms with Crippen molar-refractivity contribution in [3.63, 3.8) is 0 Å². The van der Waals surface area contributed by atoms with Gasteiger partial charge in [0, 0.05) is 0 Å². The minimum absolute atomic E-state index is 0.334. The molecule has 6 nitrogen and oxygen atoms in total. The number of aromatic nitrogens is 3. The highest BCUT2D eigenvalue weighted by Gasteiger charge is 2.22. The molecule has 0 aliphatic carbocycles. The van der Waals surface area contributed by atoms with Crippen molar-refractivity contribution in [3.05, 3.63) is 71.4 Å². The van der Waals surface area contributed by atoms with Gasteiger partial charge in [-0.3, -0.25) is 0 Å². The predicted molar refractivity (Wildman–Crippen MR) is 140 cm³/mol. The van der Waals surface area contributed by atoms with Crippen LogP contribution in [0.1, 0.15) is 81.5 Å². The lowest BCUT2D eigenvalue weighted by molar-refractivity contribution is -0.645. The number of rotatable bonds is 13. The Labute approximate surface area is 207 Å². The molecule has 0 aliphatic heterocycles. The average molecular weight is 474 g/mol. The lowest BCUT2D eigenvalue weighted by Gasteiger charge is -2.08. The van der Waals surface area contributed by atoms with E-state index in [1.165, 1.54) is 57.8 Å². The van der Waals surface area contributed by atoms with Crippen molar-refractivity contribution >= 4 is 27.7 Å². The van der Waals surface area contributed by atoms with E-state index in [4.69, 9.17) is 4.74 Å². The summed E-state index contributed by atoms with van der Waals surface area (Å²) in [6, 6.07) is 18.3. The zero-order valence-electron chi connectivity index (χ0n) is 20.6. The molecule has 0 radical (unpaired) electrons. The van der Waals surface area contributed by atoms with Gasteiger partial charge in [-0.1, -0.05) is 93.7 Å². The predicted octanol–water partition coefficient (Wildman–Crippen LogP) is 6.81. The Bertz CT molecular complexity index is 1260. The van der Waals surface area contributed by atoms with Gasteiger partial charge in [0.25, 0.3) is 0 Å². The second kappa shape index (κ2) is 12.3. The summed E-state index contributed by atoms with van der Waals surface area (Å²) in [5.74, 6) is 0.511. The van der Waals surface area contributed by atoms with Crippen LogP contribution in [0.15, 0.2) is 60.7 Å². The van der Waals surface area contributed by atoms with Gasteiger partial charge in [0.2, 0.25) is 11.0 Å². The van der Waals surface area contributed by atoms with E-state index < -0.39 is 0 Å². The quantitative estimate of drug-likeness (QED) is 0.121. The summed E-state index contributed by atoms with van der Waals surface area (Å²) >= 11 is 0. The van der Waals surface area contributed by atoms with Crippen molar-refractivity contribution in [2.45, 2.75) is 71.1 Å². The van der Waals surface area contributed by atoms with Crippen LogP contribution in [0.4, 0.5) is 0 Å². The van der Waals surface area contributed by atoms with Crippen molar-refractivity contribution in [2.75, 3.05) is 6.61 Å². The second-order valence-corrected chi connectivity index (χ2v) is 9.22. The summed E-state index contributed by atoms with van der Waals surface area (Å²) in [4.78, 5) is 13.5. The Hall–Kier alpha value is -3.41. The molecule has 1 heterocycles. The number of hydrogen-bond donors (Lipinski definition) is 0. The third-order valence-electron chi connectivity index (χ3n) is 6.50. The first kappa shape index (κ1) is 24.7. The average Bonchev–Trinajstić information content (AvgIpc) is 3.23. The Balaban J connectivity index is 1.27. The van der Waals surface area contributed by atoms with E-state index in [-0.39, 0.29) is 5.91 Å². The third kappa shape index (κ3) is 6.38. The van der Waals surface area contributed by atoms with Crippen LogP contribution < -0.4 is 9.58 Å². The van der Waals surface area contributed by atoms with E-state index in [0.29, 0.717) is 21.4 Å². The number of benzene rings is 3. The maximum atomic E-state index is 13.0. The Morgan fingerprint density at radius 3 is 2.29 bits per heavy atom. The Morgan fingerprint density at radius 2 is 1.51 bits per heavy atom. The van der Waals surface area contributed by atoms with Crippen LogP contribution >= 0.6 is 0 Å². The van der Waals surface area contributed by atoms with E-state index in [1.807, 2.05) is 30.3 Å². The van der Waals surface area contributed by atoms with Gasteiger partial charge in [0.1, 0.15) is 11.0 Å². The number of carbonyl (C=O) groups is 1. The largest absolute Gasteiger partial charge is 0.691 e. The maximum absolute atomic E-state index is 13.0. The monoisotopic (exact) mass is 473 g/mol. The van der Waals surface area contributed by atoms with Gasteiger partial charge >= 0.3 is 5.91 Å². The highest BCUT2D eigenvalue weighted by Crippen LogP contribution is 2.23. The van der Waals surface area contributed by atoms with E-state index >= 15 is 0 Å². The van der Waals surface area contributed by atoms with E-state index in [1.54, 1.807) is 30.3 Å². The molecule has 35 heavy (non-hydrogen) atoms. The molecular weight excluding hydrogens is 438 g/mol. The molecule has 1 aromatic heterocycles. The first-order valence-electron chi connectivity index (χ1n) is 13.0. The molecule has 0 amide bonds. The van der Waals surface area contributed by atoms with Crippen LogP contribution in [0.5, 0.6) is 5.75 Å². The molecule has 6 heteroatoms. The standard InChI is InChI=1S/C29H35N3O3/c1-2-3-4-5-6-7-8-9-10-13-20-35-26-19-18-23-21-25(17-16-24(23)22-26)29(33)31-27-14-11-12-15-28(27)32(34)30-31/h11-12,14-19,21-22H,2-10,13,20H2,1H3. The molecule has 0 saturated carbocycles. The number of unbranched alkanes of at least 4 members (excludes halogenated alkanes) is 9. The molecule has 0 fully saturated rings. The fraction of sp³-hybridized carbons (Fsp3) is 0.414. The Kier molecular flexibility index (Phi) is 8.71. The number of carbonyl (C=O) groups excluding carboxylic acids is 1. The van der Waals surface area contributed by atoms with Gasteiger partial charge in [-0.15, -0.1) is 4.85 Å². The van der Waals surface area contributed by atoms with Crippen LogP contribution in [-0.2, 0) is 0 Å². The molecule has 0 unspecified atom stereocenters. The van der Waals surface area contributed by atoms with E-state index in [0.717, 1.165) is 34.2 Å². The lowest BCUT2D eigenvalue weighted by Crippen LogP contribution is -2.31. The molecule has 0 N–H and O–H groups in total. The summed E-state index contributed by atoms with van der Waals surface area (Å²) in [7, 11) is 0. The third-order valence-corrected chi connectivity index (χ3v) is 6.50. The highest BCUT2D eigenvalue weighted by molar-refractivity contribution is 6.02. The molecule has 0 aliphatic rings. The van der Waals surface area contributed by atoms with Crippen LogP contribution in [0.3, 0.4) is 0 Å². The molecule has 0 atom stereocenters. The summed E-state index contributed by atoms with van der Waals surface area (Å²) in [6.07, 6.45) is 13.1. The van der Waals surface area contributed by atoms with Crippen molar-refractivity contribution in [1.82, 2.24) is 9.90 Å². The molecule has 0 bridgehead atoms. The minimum Gasteiger partial charge on any atom is -0.691 e. The van der Waals surface area contributed by atoms with Crippen LogP contribution in [0, 0.1) is 5.21 Å². The molecular formula is C29H35N3O3. The summed E-state index contributed by atoms with van der Waals surface area (Å²) in [5, 5.41) is 17.8. The molecule has 3 aromatic carbocycles. The van der Waals surface area contributed by atoms with Crippen molar-refractivity contribution in [2.24, 2.45) is 0 Å². The SMILES string of the molecule is CCCCCCCCCCCCOc1ccc2cc(C(=O)n3n[n+]([O-])c4ccccc43)ccc2c1. The summed E-state index contributed by atoms with van der Waals surface area (Å²) in [5.41, 5.74) is 1.33. The molecule has 0 saturated heterocycles. The number of para-hydroxylation sites is 2. The van der Waals surface area contributed by atoms with Gasteiger partial charge in [0.05, 0.1) is 12.2 Å². The van der Waals surface area contributed by atoms with Gasteiger partial charge in [-0.05, 0) is 53.6 Å². The molecule has 4 rings (SSSR count). The van der Waals surface area contributed by atoms with Crippen molar-refractivity contribution in [1.29, 1.82) is 0 Å². The van der Waals surface area contributed by atoms with Crippen LogP contribution in [-0.4, -0.2) is 22.4 Å². The first-order chi connectivity index (χ1) is 17.2. The van der Waals surface area contributed by atoms with E-state index in [2.05, 4.69) is 12.1 Å². The van der Waals surface area contributed by atoms with Gasteiger partial charge in [0.15, 0.2) is 0 Å². The van der Waals surface area contributed by atoms with E-state index in [9.17, 15) is 10.0 Å². The molecule has 4 aromatic rings. The highest BCUT2D eigenvalue weighted by atomic mass is 16.5. The van der Waals surface area contributed by atoms with Crippen molar-refractivity contribution in [3.8, 4) is 5.75 Å². The van der Waals surface area contributed by atoms with Crippen LogP contribution in [0.25, 0.3) is 21.8 Å². The number of fused-ring (bicyclic) bond motifs is 2. The first-order valence-corrected chi connectivity index (χ1v) is 13.0. The maximum Gasteiger partial charge on any atom is 0.366 e. The fourth-order valence-corrected chi connectivity index (χ4v) is 4.48. The zero-order valence-corrected chi connectivity index (χ0v) is 20.6. The lowest BCUT2D eigenvalue weighted by atomic mass is 10.1. The minimum atomic E-state index is -0.334. The molecule has 0 spiro atoms. The number of hydrogen-bond acceptors (Lipinski definition) is 4. The smallest absolute Gasteiger partial charge is 0.366 e. The van der Waals surface area contributed by atoms with Gasteiger partial charge in [-0.25, -0.2) is 4.79 Å². The molecule has 184 valence electrons. The number of ether oxygens (including phenoxy) is 1.